The lowest BCUT2D eigenvalue weighted by molar-refractivity contribution is -0.123. The summed E-state index contributed by atoms with van der Waals surface area (Å²) in [7, 11) is 0. The third-order valence-electron chi connectivity index (χ3n) is 4.24. The van der Waals surface area contributed by atoms with Gasteiger partial charge in [-0.15, -0.1) is 0 Å². The molecule has 1 aromatic rings. The van der Waals surface area contributed by atoms with Gasteiger partial charge in [0.05, 0.1) is 18.8 Å². The van der Waals surface area contributed by atoms with Gasteiger partial charge >= 0.3 is 0 Å². The predicted octanol–water partition coefficient (Wildman–Crippen LogP) is 2.84. The number of nitrogens with one attached hydrogen (secondary N) is 2. The van der Waals surface area contributed by atoms with Gasteiger partial charge in [0.1, 0.15) is 5.76 Å². The molecule has 2 rings (SSSR count). The van der Waals surface area contributed by atoms with Gasteiger partial charge in [-0.1, -0.05) is 13.8 Å². The molecule has 1 aromatic heterocycles. The lowest BCUT2D eigenvalue weighted by Gasteiger charge is -2.35. The second-order valence-electron chi connectivity index (χ2n) is 6.62. The highest BCUT2D eigenvalue weighted by Crippen LogP contribution is 2.35. The molecule has 2 N–H and O–H groups in total. The molecule has 4 heteroatoms. The van der Waals surface area contributed by atoms with E-state index in [0.29, 0.717) is 18.0 Å². The number of furan rings is 1. The van der Waals surface area contributed by atoms with Gasteiger partial charge in [-0.05, 0) is 50.2 Å². The molecule has 0 saturated heterocycles. The van der Waals surface area contributed by atoms with Crippen LogP contribution in [0.15, 0.2) is 22.8 Å². The number of carbonyl (C=O) groups excluding carboxylic acids is 1. The number of amides is 1. The summed E-state index contributed by atoms with van der Waals surface area (Å²) in [5, 5.41) is 6.34. The normalized spacial score (nSPS) is 20.6. The van der Waals surface area contributed by atoms with Crippen LogP contribution in [0.5, 0.6) is 0 Å². The van der Waals surface area contributed by atoms with E-state index < -0.39 is 0 Å². The number of hydrogen-bond acceptors (Lipinski definition) is 3. The fourth-order valence-corrected chi connectivity index (χ4v) is 2.74. The molecule has 4 nitrogen and oxygen atoms in total. The summed E-state index contributed by atoms with van der Waals surface area (Å²) >= 11 is 0. The van der Waals surface area contributed by atoms with Crippen molar-refractivity contribution in [3.05, 3.63) is 24.2 Å². The van der Waals surface area contributed by atoms with Crippen molar-refractivity contribution in [2.75, 3.05) is 0 Å². The minimum absolute atomic E-state index is 0.0335. The van der Waals surface area contributed by atoms with E-state index in [2.05, 4.69) is 24.5 Å². The maximum absolute atomic E-state index is 12.0. The maximum atomic E-state index is 12.0. The first-order valence-electron chi connectivity index (χ1n) is 7.52. The highest BCUT2D eigenvalue weighted by atomic mass is 16.3. The van der Waals surface area contributed by atoms with Crippen molar-refractivity contribution < 1.29 is 9.21 Å². The Bertz CT molecular complexity index is 416. The van der Waals surface area contributed by atoms with Gasteiger partial charge in [-0.3, -0.25) is 4.79 Å². The van der Waals surface area contributed by atoms with E-state index in [1.807, 2.05) is 19.1 Å². The lowest BCUT2D eigenvalue weighted by Crippen LogP contribution is -2.47. The SMILES string of the molecule is CC(NC1CCC(C)(C)CC1)C(=O)NCc1ccco1. The van der Waals surface area contributed by atoms with Crippen LogP contribution >= 0.6 is 0 Å². The Labute approximate surface area is 121 Å². The van der Waals surface area contributed by atoms with E-state index >= 15 is 0 Å². The monoisotopic (exact) mass is 278 g/mol. The van der Waals surface area contributed by atoms with Crippen molar-refractivity contribution in [3.63, 3.8) is 0 Å². The molecule has 1 amide bonds. The molecule has 1 saturated carbocycles. The molecule has 20 heavy (non-hydrogen) atoms. The van der Waals surface area contributed by atoms with E-state index in [4.69, 9.17) is 4.42 Å². The second-order valence-corrected chi connectivity index (χ2v) is 6.62. The van der Waals surface area contributed by atoms with Gasteiger partial charge in [0.25, 0.3) is 0 Å². The molecular formula is C16H26N2O2. The molecule has 1 aliphatic carbocycles. The van der Waals surface area contributed by atoms with E-state index in [1.165, 1.54) is 12.8 Å². The van der Waals surface area contributed by atoms with Crippen LogP contribution in [0.25, 0.3) is 0 Å². The average Bonchev–Trinajstić information content (AvgIpc) is 2.91. The van der Waals surface area contributed by atoms with Crippen LogP contribution in [0.1, 0.15) is 52.2 Å². The highest BCUT2D eigenvalue weighted by Gasteiger charge is 2.28. The Morgan fingerprint density at radius 2 is 2.15 bits per heavy atom. The van der Waals surface area contributed by atoms with Gasteiger partial charge in [-0.2, -0.15) is 0 Å². The van der Waals surface area contributed by atoms with Crippen molar-refractivity contribution >= 4 is 5.91 Å². The average molecular weight is 278 g/mol. The molecule has 1 heterocycles. The van der Waals surface area contributed by atoms with Gasteiger partial charge in [0.15, 0.2) is 0 Å². The zero-order valence-electron chi connectivity index (χ0n) is 12.7. The fourth-order valence-electron chi connectivity index (χ4n) is 2.74. The van der Waals surface area contributed by atoms with Crippen LogP contribution in [-0.4, -0.2) is 18.0 Å². The van der Waals surface area contributed by atoms with Crippen LogP contribution < -0.4 is 10.6 Å². The van der Waals surface area contributed by atoms with Crippen molar-refractivity contribution in [2.45, 2.75) is 65.1 Å². The maximum Gasteiger partial charge on any atom is 0.237 e. The molecule has 1 fully saturated rings. The van der Waals surface area contributed by atoms with Crippen LogP contribution in [0.4, 0.5) is 0 Å². The Morgan fingerprint density at radius 1 is 1.45 bits per heavy atom. The van der Waals surface area contributed by atoms with Crippen LogP contribution in [0, 0.1) is 5.41 Å². The summed E-state index contributed by atoms with van der Waals surface area (Å²) in [6.45, 7) is 7.03. The van der Waals surface area contributed by atoms with Gasteiger partial charge < -0.3 is 15.1 Å². The molecule has 1 atom stereocenters. The second kappa shape index (κ2) is 6.44. The third-order valence-corrected chi connectivity index (χ3v) is 4.24. The van der Waals surface area contributed by atoms with Crippen LogP contribution in [0.3, 0.4) is 0 Å². The largest absolute Gasteiger partial charge is 0.467 e. The quantitative estimate of drug-likeness (QED) is 0.871. The minimum atomic E-state index is -0.156. The summed E-state index contributed by atoms with van der Waals surface area (Å²) < 4.78 is 5.20. The number of hydrogen-bond donors (Lipinski definition) is 2. The predicted molar refractivity (Wildman–Crippen MR) is 79.2 cm³/mol. The van der Waals surface area contributed by atoms with E-state index in [-0.39, 0.29) is 11.9 Å². The highest BCUT2D eigenvalue weighted by molar-refractivity contribution is 5.81. The van der Waals surface area contributed by atoms with Crippen molar-refractivity contribution in [2.24, 2.45) is 5.41 Å². The molecule has 1 unspecified atom stereocenters. The smallest absolute Gasteiger partial charge is 0.237 e. The van der Waals surface area contributed by atoms with Gasteiger partial charge in [0.2, 0.25) is 5.91 Å². The summed E-state index contributed by atoms with van der Waals surface area (Å²) in [5.74, 6) is 0.816. The van der Waals surface area contributed by atoms with Crippen molar-refractivity contribution in [3.8, 4) is 0 Å². The van der Waals surface area contributed by atoms with Crippen LogP contribution in [0.2, 0.25) is 0 Å². The van der Waals surface area contributed by atoms with Gasteiger partial charge in [-0.25, -0.2) is 0 Å². The molecule has 0 aliphatic heterocycles. The fraction of sp³-hybridized carbons (Fsp3) is 0.688. The van der Waals surface area contributed by atoms with Crippen LogP contribution in [-0.2, 0) is 11.3 Å². The van der Waals surface area contributed by atoms with Crippen molar-refractivity contribution in [1.82, 2.24) is 10.6 Å². The molecule has 0 radical (unpaired) electrons. The third kappa shape index (κ3) is 4.37. The first-order valence-corrected chi connectivity index (χ1v) is 7.52. The molecule has 0 bridgehead atoms. The number of rotatable bonds is 5. The Morgan fingerprint density at radius 3 is 2.75 bits per heavy atom. The molecule has 1 aliphatic rings. The number of carbonyl (C=O) groups is 1. The molecule has 112 valence electrons. The Kier molecular flexibility index (Phi) is 4.86. The standard InChI is InChI=1S/C16H26N2O2/c1-12(15(19)17-11-14-5-4-10-20-14)18-13-6-8-16(2,3)9-7-13/h4-5,10,12-13,18H,6-9,11H2,1-3H3,(H,17,19). The summed E-state index contributed by atoms with van der Waals surface area (Å²) in [4.78, 5) is 12.0. The first-order chi connectivity index (χ1) is 9.46. The van der Waals surface area contributed by atoms with Crippen molar-refractivity contribution in [1.29, 1.82) is 0 Å². The lowest BCUT2D eigenvalue weighted by atomic mass is 9.75. The summed E-state index contributed by atoms with van der Waals surface area (Å²) in [6.07, 6.45) is 6.38. The molecular weight excluding hydrogens is 252 g/mol. The summed E-state index contributed by atoms with van der Waals surface area (Å²) in [5.41, 5.74) is 0.461. The Balaban J connectivity index is 1.71. The van der Waals surface area contributed by atoms with Gasteiger partial charge in [0, 0.05) is 6.04 Å². The zero-order chi connectivity index (χ0) is 14.6. The minimum Gasteiger partial charge on any atom is -0.467 e. The Hall–Kier alpha value is -1.29. The summed E-state index contributed by atoms with van der Waals surface area (Å²) in [6, 6.07) is 4.00. The van der Waals surface area contributed by atoms with E-state index in [0.717, 1.165) is 18.6 Å². The molecule has 0 aromatic carbocycles. The topological polar surface area (TPSA) is 54.3 Å². The van der Waals surface area contributed by atoms with E-state index in [9.17, 15) is 4.79 Å². The first kappa shape index (κ1) is 15.1. The zero-order valence-corrected chi connectivity index (χ0v) is 12.7. The van der Waals surface area contributed by atoms with E-state index in [1.54, 1.807) is 6.26 Å². The molecule has 0 spiro atoms.